The van der Waals surface area contributed by atoms with E-state index in [4.69, 9.17) is 5.26 Å². The van der Waals surface area contributed by atoms with Crippen LogP contribution in [0.15, 0.2) is 40.3 Å². The van der Waals surface area contributed by atoms with E-state index in [2.05, 4.69) is 15.3 Å². The van der Waals surface area contributed by atoms with Crippen LogP contribution in [-0.4, -0.2) is 19.8 Å². The van der Waals surface area contributed by atoms with Gasteiger partial charge in [0.25, 0.3) is 5.82 Å². The molecule has 2 aromatic heterocycles. The Balaban J connectivity index is 2.01. The van der Waals surface area contributed by atoms with Gasteiger partial charge in [-0.25, -0.2) is 0 Å². The summed E-state index contributed by atoms with van der Waals surface area (Å²) in [7, 11) is 0. The summed E-state index contributed by atoms with van der Waals surface area (Å²) in [5, 5.41) is 18.8. The summed E-state index contributed by atoms with van der Waals surface area (Å²) < 4.78 is 78.0. The van der Waals surface area contributed by atoms with E-state index in [1.807, 2.05) is 0 Å². The summed E-state index contributed by atoms with van der Waals surface area (Å²) in [5.74, 6) is -1.34. The summed E-state index contributed by atoms with van der Waals surface area (Å²) in [4.78, 5) is 0.0600. The molecule has 3 aromatic rings. The standard InChI is InChI=1S/C14H5F6N5S/c15-13(16,17)9-5-8(2-1-7(9)6-21)26-11-4-3-10-22-23-12(14(18,19)20)25(10)24-11/h1-5H. The van der Waals surface area contributed by atoms with Crippen LogP contribution in [0.4, 0.5) is 26.3 Å². The molecule has 0 aliphatic heterocycles. The lowest BCUT2D eigenvalue weighted by molar-refractivity contribution is -0.146. The SMILES string of the molecule is N#Cc1ccc(Sc2ccc3nnc(C(F)(F)F)n3n2)cc1C(F)(F)F. The first-order valence-corrected chi connectivity index (χ1v) is 7.50. The van der Waals surface area contributed by atoms with Crippen LogP contribution >= 0.6 is 11.8 Å². The highest BCUT2D eigenvalue weighted by Crippen LogP contribution is 2.36. The molecule has 3 rings (SSSR count). The number of nitriles is 1. The van der Waals surface area contributed by atoms with E-state index in [0.29, 0.717) is 16.3 Å². The van der Waals surface area contributed by atoms with Gasteiger partial charge in [0.2, 0.25) is 0 Å². The topological polar surface area (TPSA) is 66.9 Å². The van der Waals surface area contributed by atoms with Gasteiger partial charge in [-0.3, -0.25) is 0 Å². The molecule has 0 atom stereocenters. The Morgan fingerprint density at radius 2 is 1.69 bits per heavy atom. The summed E-state index contributed by atoms with van der Waals surface area (Å²) in [6.07, 6.45) is -9.52. The number of alkyl halides is 6. The molecule has 0 aliphatic rings. The van der Waals surface area contributed by atoms with Crippen molar-refractivity contribution in [3.05, 3.63) is 47.3 Å². The minimum atomic E-state index is -4.78. The second-order valence-electron chi connectivity index (χ2n) is 4.88. The number of fused-ring (bicyclic) bond motifs is 1. The molecule has 0 radical (unpaired) electrons. The van der Waals surface area contributed by atoms with Gasteiger partial charge in [0.15, 0.2) is 5.65 Å². The Bertz CT molecular complexity index is 1020. The molecule has 2 heterocycles. The van der Waals surface area contributed by atoms with E-state index in [1.165, 1.54) is 24.3 Å². The zero-order chi connectivity index (χ0) is 19.1. The third kappa shape index (κ3) is 3.43. The highest BCUT2D eigenvalue weighted by molar-refractivity contribution is 7.99. The fourth-order valence-electron chi connectivity index (χ4n) is 2.04. The number of aromatic nitrogens is 4. The highest BCUT2D eigenvalue weighted by atomic mass is 32.2. The van der Waals surface area contributed by atoms with Crippen molar-refractivity contribution in [3.63, 3.8) is 0 Å². The summed E-state index contributed by atoms with van der Waals surface area (Å²) >= 11 is 0.710. The Labute approximate surface area is 145 Å². The van der Waals surface area contributed by atoms with Crippen molar-refractivity contribution in [1.29, 1.82) is 5.26 Å². The molecule has 0 amide bonds. The number of hydrogen-bond acceptors (Lipinski definition) is 5. The third-order valence-electron chi connectivity index (χ3n) is 3.13. The van der Waals surface area contributed by atoms with Crippen molar-refractivity contribution in [2.24, 2.45) is 0 Å². The number of halogens is 6. The lowest BCUT2D eigenvalue weighted by atomic mass is 10.1. The lowest BCUT2D eigenvalue weighted by Gasteiger charge is -2.10. The van der Waals surface area contributed by atoms with Gasteiger partial charge in [0.1, 0.15) is 5.03 Å². The van der Waals surface area contributed by atoms with Crippen LogP contribution in [0.2, 0.25) is 0 Å². The van der Waals surface area contributed by atoms with Crippen molar-refractivity contribution in [1.82, 2.24) is 19.8 Å². The van der Waals surface area contributed by atoms with Gasteiger partial charge < -0.3 is 0 Å². The molecule has 0 saturated carbocycles. The molecule has 0 saturated heterocycles. The lowest BCUT2D eigenvalue weighted by Crippen LogP contribution is -2.12. The van der Waals surface area contributed by atoms with Gasteiger partial charge in [-0.1, -0.05) is 11.8 Å². The van der Waals surface area contributed by atoms with Crippen molar-refractivity contribution >= 4 is 17.4 Å². The van der Waals surface area contributed by atoms with Crippen LogP contribution in [0, 0.1) is 11.3 Å². The fourth-order valence-corrected chi connectivity index (χ4v) is 2.86. The molecule has 26 heavy (non-hydrogen) atoms. The van der Waals surface area contributed by atoms with Gasteiger partial charge >= 0.3 is 12.4 Å². The van der Waals surface area contributed by atoms with Gasteiger partial charge in [0.05, 0.1) is 17.2 Å². The normalized spacial score (nSPS) is 12.3. The number of hydrogen-bond donors (Lipinski definition) is 0. The molecule has 134 valence electrons. The summed E-state index contributed by atoms with van der Waals surface area (Å²) in [5.41, 5.74) is -1.84. The molecule has 0 spiro atoms. The molecule has 0 N–H and O–H groups in total. The summed E-state index contributed by atoms with van der Waals surface area (Å²) in [6, 6.07) is 6.95. The van der Waals surface area contributed by atoms with Crippen molar-refractivity contribution in [3.8, 4) is 6.07 Å². The Morgan fingerprint density at radius 3 is 2.31 bits per heavy atom. The molecule has 0 aliphatic carbocycles. The Morgan fingerprint density at radius 1 is 0.962 bits per heavy atom. The van der Waals surface area contributed by atoms with Gasteiger partial charge in [0, 0.05) is 4.90 Å². The molecule has 1 aromatic carbocycles. The fraction of sp³-hybridized carbons (Fsp3) is 0.143. The van der Waals surface area contributed by atoms with Gasteiger partial charge in [-0.2, -0.15) is 41.2 Å². The molecule has 5 nitrogen and oxygen atoms in total. The van der Waals surface area contributed by atoms with Crippen LogP contribution in [-0.2, 0) is 12.4 Å². The first kappa shape index (κ1) is 18.0. The predicted octanol–water partition coefficient (Wildman–Crippen LogP) is 4.18. The third-order valence-corrected chi connectivity index (χ3v) is 4.05. The van der Waals surface area contributed by atoms with E-state index < -0.39 is 29.3 Å². The molecule has 12 heteroatoms. The van der Waals surface area contributed by atoms with Crippen LogP contribution in [0.3, 0.4) is 0 Å². The van der Waals surface area contributed by atoms with Gasteiger partial charge in [-0.05, 0) is 30.3 Å². The number of rotatable bonds is 2. The van der Waals surface area contributed by atoms with Crippen LogP contribution < -0.4 is 0 Å². The van der Waals surface area contributed by atoms with Crippen LogP contribution in [0.5, 0.6) is 0 Å². The minimum absolute atomic E-state index is 0.000585. The van der Waals surface area contributed by atoms with E-state index in [0.717, 1.165) is 12.1 Å². The first-order valence-electron chi connectivity index (χ1n) is 6.68. The van der Waals surface area contributed by atoms with Crippen molar-refractivity contribution in [2.75, 3.05) is 0 Å². The monoisotopic (exact) mass is 389 g/mol. The second kappa shape index (κ2) is 6.17. The minimum Gasteiger partial charge on any atom is -0.192 e. The van der Waals surface area contributed by atoms with Crippen molar-refractivity contribution < 1.29 is 26.3 Å². The van der Waals surface area contributed by atoms with E-state index in [1.54, 1.807) is 0 Å². The zero-order valence-corrected chi connectivity index (χ0v) is 13.1. The van der Waals surface area contributed by atoms with Crippen LogP contribution in [0.1, 0.15) is 17.0 Å². The highest BCUT2D eigenvalue weighted by Gasteiger charge is 2.38. The predicted molar refractivity (Wildman–Crippen MR) is 76.1 cm³/mol. The van der Waals surface area contributed by atoms with E-state index >= 15 is 0 Å². The molecule has 0 unspecified atom stereocenters. The van der Waals surface area contributed by atoms with Crippen molar-refractivity contribution in [2.45, 2.75) is 22.3 Å². The maximum absolute atomic E-state index is 13.0. The summed E-state index contributed by atoms with van der Waals surface area (Å²) in [6.45, 7) is 0. The quantitative estimate of drug-likeness (QED) is 0.615. The number of benzene rings is 1. The Hall–Kier alpha value is -2.81. The first-order chi connectivity index (χ1) is 12.1. The largest absolute Gasteiger partial charge is 0.453 e. The molecular formula is C14H5F6N5S. The molecule has 0 bridgehead atoms. The maximum Gasteiger partial charge on any atom is 0.453 e. The zero-order valence-electron chi connectivity index (χ0n) is 12.3. The van der Waals surface area contributed by atoms with Gasteiger partial charge in [-0.15, -0.1) is 10.2 Å². The number of nitrogens with zero attached hydrogens (tertiary/aromatic N) is 5. The Kier molecular flexibility index (Phi) is 4.27. The average molecular weight is 389 g/mol. The second-order valence-corrected chi connectivity index (χ2v) is 5.98. The smallest absolute Gasteiger partial charge is 0.192 e. The maximum atomic E-state index is 13.0. The van der Waals surface area contributed by atoms with E-state index in [-0.39, 0.29) is 15.6 Å². The molecule has 0 fully saturated rings. The molecular weight excluding hydrogens is 384 g/mol. The van der Waals surface area contributed by atoms with E-state index in [9.17, 15) is 26.3 Å². The average Bonchev–Trinajstić information content (AvgIpc) is 2.97. The van der Waals surface area contributed by atoms with Crippen LogP contribution in [0.25, 0.3) is 5.65 Å².